The van der Waals surface area contributed by atoms with Crippen LogP contribution in [-0.4, -0.2) is 46.0 Å². The number of pyridine rings is 1. The van der Waals surface area contributed by atoms with Gasteiger partial charge < -0.3 is 19.5 Å². The minimum atomic E-state index is -0.278. The number of aromatic nitrogens is 3. The van der Waals surface area contributed by atoms with Crippen molar-refractivity contribution < 1.29 is 14.3 Å². The van der Waals surface area contributed by atoms with E-state index in [0.717, 1.165) is 18.5 Å². The average molecular weight is 391 g/mol. The summed E-state index contributed by atoms with van der Waals surface area (Å²) in [6, 6.07) is 9.34. The van der Waals surface area contributed by atoms with Crippen molar-refractivity contribution in [2.75, 3.05) is 18.6 Å². The van der Waals surface area contributed by atoms with Gasteiger partial charge in [-0.25, -0.2) is 9.97 Å². The molecule has 2 aromatic heterocycles. The van der Waals surface area contributed by atoms with E-state index in [0.29, 0.717) is 35.1 Å². The van der Waals surface area contributed by atoms with Crippen LogP contribution < -0.4 is 15.0 Å². The van der Waals surface area contributed by atoms with E-state index in [1.807, 2.05) is 24.3 Å². The molecule has 8 heteroatoms. The smallest absolute Gasteiger partial charge is 0.253 e. The number of para-hydroxylation sites is 2. The number of amides is 2. The van der Waals surface area contributed by atoms with Crippen LogP contribution in [0.2, 0.25) is 0 Å². The van der Waals surface area contributed by atoms with E-state index >= 15 is 0 Å². The summed E-state index contributed by atoms with van der Waals surface area (Å²) in [5.41, 5.74) is 2.68. The van der Waals surface area contributed by atoms with Crippen LogP contribution in [0.15, 0.2) is 42.9 Å². The lowest BCUT2D eigenvalue weighted by atomic mass is 10.2. The topological polar surface area (TPSA) is 89.3 Å². The second kappa shape index (κ2) is 6.88. The van der Waals surface area contributed by atoms with Gasteiger partial charge in [0, 0.05) is 25.2 Å². The van der Waals surface area contributed by atoms with Crippen molar-refractivity contribution in [1.29, 1.82) is 0 Å². The number of benzene rings is 1. The summed E-state index contributed by atoms with van der Waals surface area (Å²) in [6.45, 7) is 0.400. The minimum Gasteiger partial charge on any atom is -0.495 e. The van der Waals surface area contributed by atoms with Gasteiger partial charge in [-0.1, -0.05) is 12.1 Å². The number of carbonyl (C=O) groups is 2. The van der Waals surface area contributed by atoms with E-state index in [4.69, 9.17) is 4.74 Å². The number of rotatable bonds is 5. The third-order valence-electron chi connectivity index (χ3n) is 5.45. The van der Waals surface area contributed by atoms with Crippen LogP contribution >= 0.6 is 0 Å². The maximum Gasteiger partial charge on any atom is 0.253 e. The number of hydrogen-bond acceptors (Lipinski definition) is 5. The highest BCUT2D eigenvalue weighted by Crippen LogP contribution is 2.36. The van der Waals surface area contributed by atoms with Gasteiger partial charge in [-0.3, -0.25) is 9.59 Å². The van der Waals surface area contributed by atoms with Crippen molar-refractivity contribution in [2.24, 2.45) is 0 Å². The van der Waals surface area contributed by atoms with E-state index in [-0.39, 0.29) is 24.3 Å². The largest absolute Gasteiger partial charge is 0.495 e. The summed E-state index contributed by atoms with van der Waals surface area (Å²) >= 11 is 0. The normalized spacial score (nSPS) is 19.0. The zero-order valence-electron chi connectivity index (χ0n) is 16.0. The molecule has 8 nitrogen and oxygen atoms in total. The highest BCUT2D eigenvalue weighted by atomic mass is 16.5. The lowest BCUT2D eigenvalue weighted by Crippen LogP contribution is -2.37. The molecule has 0 spiro atoms. The fraction of sp³-hybridized carbons (Fsp3) is 0.333. The number of fused-ring (bicyclic) bond motifs is 1. The summed E-state index contributed by atoms with van der Waals surface area (Å²) in [6.07, 6.45) is 5.90. The molecule has 1 atom stereocenters. The summed E-state index contributed by atoms with van der Waals surface area (Å²) in [5, 5.41) is 2.95. The Hall–Kier alpha value is -3.42. The fourth-order valence-electron chi connectivity index (χ4n) is 3.82. The van der Waals surface area contributed by atoms with E-state index in [2.05, 4.69) is 19.9 Å². The summed E-state index contributed by atoms with van der Waals surface area (Å²) < 4.78 is 7.42. The molecule has 2 amide bonds. The standard InChI is InChI=1S/C21H21N5O3/c1-29-18-5-3-2-4-17(18)25-11-14(9-19(25)27)24-21(28)13-8-16-20(22-10-13)26(12-23-16)15-6-7-15/h2-5,8,10,12,14-15H,6-7,9,11H2,1H3,(H,24,28). The first-order valence-electron chi connectivity index (χ1n) is 9.71. The molecule has 2 aliphatic rings. The Balaban J connectivity index is 1.31. The Kier molecular flexibility index (Phi) is 4.19. The molecule has 148 valence electrons. The number of nitrogens with zero attached hydrogens (tertiary/aromatic N) is 4. The molecule has 1 N–H and O–H groups in total. The predicted octanol–water partition coefficient (Wildman–Crippen LogP) is 2.31. The van der Waals surface area contributed by atoms with Crippen LogP contribution in [0.4, 0.5) is 5.69 Å². The molecule has 2 fully saturated rings. The Morgan fingerprint density at radius 2 is 2.07 bits per heavy atom. The van der Waals surface area contributed by atoms with Crippen LogP contribution in [-0.2, 0) is 4.79 Å². The zero-order chi connectivity index (χ0) is 20.0. The molecule has 1 aromatic carbocycles. The fourth-order valence-corrected chi connectivity index (χ4v) is 3.82. The van der Waals surface area contributed by atoms with Gasteiger partial charge >= 0.3 is 0 Å². The van der Waals surface area contributed by atoms with Gasteiger partial charge in [0.05, 0.1) is 30.7 Å². The Morgan fingerprint density at radius 1 is 1.24 bits per heavy atom. The molecule has 5 rings (SSSR count). The molecule has 1 aliphatic carbocycles. The number of carbonyl (C=O) groups excluding carboxylic acids is 2. The van der Waals surface area contributed by atoms with Gasteiger partial charge in [-0.2, -0.15) is 0 Å². The second-order valence-electron chi connectivity index (χ2n) is 7.50. The van der Waals surface area contributed by atoms with Gasteiger partial charge in [0.15, 0.2) is 5.65 Å². The van der Waals surface area contributed by atoms with Gasteiger partial charge in [0.25, 0.3) is 5.91 Å². The van der Waals surface area contributed by atoms with Crippen molar-refractivity contribution >= 4 is 28.7 Å². The van der Waals surface area contributed by atoms with Crippen LogP contribution in [0.5, 0.6) is 5.75 Å². The highest BCUT2D eigenvalue weighted by Gasteiger charge is 2.33. The highest BCUT2D eigenvalue weighted by molar-refractivity contribution is 6.00. The van der Waals surface area contributed by atoms with Crippen molar-refractivity contribution in [3.8, 4) is 5.75 Å². The molecule has 0 radical (unpaired) electrons. The van der Waals surface area contributed by atoms with Crippen LogP contribution in [0.1, 0.15) is 35.7 Å². The second-order valence-corrected chi connectivity index (χ2v) is 7.50. The molecule has 1 saturated carbocycles. The molecule has 0 bridgehead atoms. The molecular formula is C21H21N5O3. The summed E-state index contributed by atoms with van der Waals surface area (Å²) in [5.74, 6) is 0.338. The maximum absolute atomic E-state index is 12.7. The molecule has 3 heterocycles. The van der Waals surface area contributed by atoms with Crippen molar-refractivity contribution in [1.82, 2.24) is 19.9 Å². The van der Waals surface area contributed by atoms with Crippen LogP contribution in [0, 0.1) is 0 Å². The van der Waals surface area contributed by atoms with Crippen LogP contribution in [0.25, 0.3) is 11.2 Å². The zero-order valence-corrected chi connectivity index (χ0v) is 16.0. The average Bonchev–Trinajstić information content (AvgIpc) is 3.39. The SMILES string of the molecule is COc1ccccc1N1CC(NC(=O)c2cnc3c(c2)ncn3C2CC2)CC1=O. The minimum absolute atomic E-state index is 0.0449. The third kappa shape index (κ3) is 3.20. The third-order valence-corrected chi connectivity index (χ3v) is 5.45. The number of hydrogen-bond donors (Lipinski definition) is 1. The van der Waals surface area contributed by atoms with E-state index in [9.17, 15) is 9.59 Å². The number of methoxy groups -OCH3 is 1. The molecule has 1 aliphatic heterocycles. The Morgan fingerprint density at radius 3 is 2.86 bits per heavy atom. The lowest BCUT2D eigenvalue weighted by Gasteiger charge is -2.19. The first-order chi connectivity index (χ1) is 14.1. The van der Waals surface area contributed by atoms with Gasteiger partial charge in [-0.05, 0) is 31.0 Å². The Bertz CT molecular complexity index is 1100. The number of nitrogens with one attached hydrogen (secondary N) is 1. The molecule has 3 aromatic rings. The van der Waals surface area contributed by atoms with Gasteiger partial charge in [0.1, 0.15) is 11.3 Å². The Labute approximate surface area is 167 Å². The molecule has 1 saturated heterocycles. The maximum atomic E-state index is 12.7. The lowest BCUT2D eigenvalue weighted by molar-refractivity contribution is -0.117. The number of anilines is 1. The molecule has 1 unspecified atom stereocenters. The molecular weight excluding hydrogens is 370 g/mol. The van der Waals surface area contributed by atoms with Crippen molar-refractivity contribution in [3.63, 3.8) is 0 Å². The predicted molar refractivity (Wildman–Crippen MR) is 107 cm³/mol. The summed E-state index contributed by atoms with van der Waals surface area (Å²) in [7, 11) is 1.58. The van der Waals surface area contributed by atoms with E-state index in [1.165, 1.54) is 0 Å². The van der Waals surface area contributed by atoms with Crippen molar-refractivity contribution in [2.45, 2.75) is 31.3 Å². The number of imidazole rings is 1. The van der Waals surface area contributed by atoms with Crippen LogP contribution in [0.3, 0.4) is 0 Å². The first kappa shape index (κ1) is 17.7. The van der Waals surface area contributed by atoms with Gasteiger partial charge in [0.2, 0.25) is 5.91 Å². The van der Waals surface area contributed by atoms with E-state index in [1.54, 1.807) is 30.6 Å². The molecule has 29 heavy (non-hydrogen) atoms. The monoisotopic (exact) mass is 391 g/mol. The first-order valence-corrected chi connectivity index (χ1v) is 9.71. The quantitative estimate of drug-likeness (QED) is 0.721. The summed E-state index contributed by atoms with van der Waals surface area (Å²) in [4.78, 5) is 35.7. The van der Waals surface area contributed by atoms with Gasteiger partial charge in [-0.15, -0.1) is 0 Å². The number of ether oxygens (including phenoxy) is 1. The van der Waals surface area contributed by atoms with E-state index < -0.39 is 0 Å². The van der Waals surface area contributed by atoms with Crippen molar-refractivity contribution in [3.05, 3.63) is 48.4 Å².